The Labute approximate surface area is 148 Å². The van der Waals surface area contributed by atoms with E-state index in [1.165, 1.54) is 25.2 Å². The average Bonchev–Trinajstić information content (AvgIpc) is 2.57. The van der Waals surface area contributed by atoms with Gasteiger partial charge in [-0.05, 0) is 23.8 Å². The molecule has 0 saturated carbocycles. The van der Waals surface area contributed by atoms with Gasteiger partial charge in [-0.3, -0.25) is 4.79 Å². The summed E-state index contributed by atoms with van der Waals surface area (Å²) in [6.07, 6.45) is 1.44. The highest BCUT2D eigenvalue weighted by Crippen LogP contribution is 2.34. The Balaban J connectivity index is 3.21. The van der Waals surface area contributed by atoms with Crippen molar-refractivity contribution in [1.82, 2.24) is 4.90 Å². The van der Waals surface area contributed by atoms with Gasteiger partial charge in [-0.15, -0.1) is 0 Å². The fraction of sp³-hybridized carbons (Fsp3) is 0.312. The molecule has 128 valence electrons. The van der Waals surface area contributed by atoms with Crippen LogP contribution < -0.4 is 9.47 Å². The second-order valence-corrected chi connectivity index (χ2v) is 5.61. The molecule has 0 saturated heterocycles. The zero-order valence-corrected chi connectivity index (χ0v) is 15.3. The average molecular weight is 397 g/mol. The first-order valence-corrected chi connectivity index (χ1v) is 7.54. The number of methoxy groups -OCH3 is 2. The van der Waals surface area contributed by atoms with Crippen molar-refractivity contribution in [1.29, 1.82) is 5.26 Å². The summed E-state index contributed by atoms with van der Waals surface area (Å²) in [4.78, 5) is 24.4. The van der Waals surface area contributed by atoms with Crippen LogP contribution in [0.2, 0.25) is 0 Å². The minimum Gasteiger partial charge on any atom is -0.493 e. The molecule has 7 nitrogen and oxygen atoms in total. The second-order valence-electron chi connectivity index (χ2n) is 4.76. The highest BCUT2D eigenvalue weighted by molar-refractivity contribution is 9.10. The largest absolute Gasteiger partial charge is 0.493 e. The normalized spacial score (nSPS) is 10.6. The fourth-order valence-corrected chi connectivity index (χ4v) is 2.10. The minimum atomic E-state index is -0.527. The summed E-state index contributed by atoms with van der Waals surface area (Å²) in [5.41, 5.74) is 0.537. The number of benzene rings is 1. The van der Waals surface area contributed by atoms with Gasteiger partial charge in [-0.2, -0.15) is 5.26 Å². The molecule has 1 aromatic rings. The molecule has 1 rings (SSSR count). The van der Waals surface area contributed by atoms with Crippen molar-refractivity contribution in [3.8, 4) is 17.6 Å². The molecule has 8 heteroatoms. The van der Waals surface area contributed by atoms with Crippen LogP contribution in [-0.2, 0) is 14.3 Å². The first-order chi connectivity index (χ1) is 11.3. The van der Waals surface area contributed by atoms with Crippen molar-refractivity contribution in [3.63, 3.8) is 0 Å². The summed E-state index contributed by atoms with van der Waals surface area (Å²) in [5, 5.41) is 9.16. The molecule has 0 aromatic heterocycles. The van der Waals surface area contributed by atoms with Crippen LogP contribution >= 0.6 is 15.9 Å². The number of esters is 1. The number of ether oxygens (including phenoxy) is 3. The van der Waals surface area contributed by atoms with Crippen LogP contribution in [0.15, 0.2) is 22.2 Å². The van der Waals surface area contributed by atoms with Crippen molar-refractivity contribution >= 4 is 33.9 Å². The Bertz CT molecular complexity index is 707. The Kier molecular flexibility index (Phi) is 7.27. The van der Waals surface area contributed by atoms with E-state index in [1.54, 1.807) is 26.2 Å². The monoisotopic (exact) mass is 396 g/mol. The van der Waals surface area contributed by atoms with Crippen LogP contribution in [0.3, 0.4) is 0 Å². The summed E-state index contributed by atoms with van der Waals surface area (Å²) >= 11 is 3.35. The van der Waals surface area contributed by atoms with E-state index in [0.717, 1.165) is 0 Å². The molecule has 0 atom stereocenters. The predicted octanol–water partition coefficient (Wildman–Crippen LogP) is 2.00. The lowest BCUT2D eigenvalue weighted by molar-refractivity contribution is -0.142. The number of carbonyl (C=O) groups excluding carboxylic acids is 2. The molecule has 0 N–H and O–H groups in total. The summed E-state index contributed by atoms with van der Waals surface area (Å²) in [7, 11) is 5.83. The second kappa shape index (κ2) is 8.93. The van der Waals surface area contributed by atoms with Crippen LogP contribution in [0.1, 0.15) is 5.56 Å². The van der Waals surface area contributed by atoms with E-state index in [4.69, 9.17) is 14.7 Å². The van der Waals surface area contributed by atoms with Crippen LogP contribution in [-0.4, -0.2) is 51.7 Å². The zero-order chi connectivity index (χ0) is 18.3. The lowest BCUT2D eigenvalue weighted by Crippen LogP contribution is -2.22. The van der Waals surface area contributed by atoms with Crippen LogP contribution in [0.4, 0.5) is 0 Å². The van der Waals surface area contributed by atoms with Gasteiger partial charge in [-0.25, -0.2) is 4.79 Å². The summed E-state index contributed by atoms with van der Waals surface area (Å²) in [6, 6.07) is 5.05. The van der Waals surface area contributed by atoms with Gasteiger partial charge in [-0.1, -0.05) is 15.9 Å². The maximum atomic E-state index is 11.9. The standard InChI is InChI=1S/C16H17BrN2O5/c1-19(2)16(21)11(8-18)5-10-6-13(22-3)14(7-12(10)17)24-9-15(20)23-4/h5-7H,9H2,1-4H3/b11-5-. The minimum absolute atomic E-state index is 0.0222. The number of nitrogens with zero attached hydrogens (tertiary/aromatic N) is 2. The molecule has 0 aliphatic carbocycles. The van der Waals surface area contributed by atoms with Crippen LogP contribution in [0.25, 0.3) is 6.08 Å². The lowest BCUT2D eigenvalue weighted by Gasteiger charge is -2.13. The van der Waals surface area contributed by atoms with Gasteiger partial charge in [0.1, 0.15) is 11.6 Å². The quantitative estimate of drug-likeness (QED) is 0.415. The Morgan fingerprint density at radius 1 is 1.29 bits per heavy atom. The highest BCUT2D eigenvalue weighted by atomic mass is 79.9. The number of likely N-dealkylation sites (N-methyl/N-ethyl adjacent to an activating group) is 1. The van der Waals surface area contributed by atoms with Crippen molar-refractivity contribution in [2.24, 2.45) is 0 Å². The van der Waals surface area contributed by atoms with Gasteiger partial charge in [0, 0.05) is 18.6 Å². The van der Waals surface area contributed by atoms with Gasteiger partial charge in [0.05, 0.1) is 14.2 Å². The molecule has 1 aromatic carbocycles. The fourth-order valence-electron chi connectivity index (χ4n) is 1.67. The number of hydrogen-bond acceptors (Lipinski definition) is 6. The van der Waals surface area contributed by atoms with Crippen molar-refractivity contribution in [2.45, 2.75) is 0 Å². The van der Waals surface area contributed by atoms with Gasteiger partial charge < -0.3 is 19.1 Å². The molecule has 0 bridgehead atoms. The van der Waals surface area contributed by atoms with Gasteiger partial charge in [0.15, 0.2) is 18.1 Å². The lowest BCUT2D eigenvalue weighted by atomic mass is 10.1. The molecule has 0 heterocycles. The molecular weight excluding hydrogens is 380 g/mol. The topological polar surface area (TPSA) is 88.9 Å². The van der Waals surface area contributed by atoms with E-state index in [-0.39, 0.29) is 12.2 Å². The van der Waals surface area contributed by atoms with Gasteiger partial charge in [0.2, 0.25) is 0 Å². The number of hydrogen-bond donors (Lipinski definition) is 0. The number of halogens is 1. The summed E-state index contributed by atoms with van der Waals surface area (Å²) in [6.45, 7) is -0.267. The third-order valence-corrected chi connectivity index (χ3v) is 3.60. The van der Waals surface area contributed by atoms with Crippen LogP contribution in [0, 0.1) is 11.3 Å². The Morgan fingerprint density at radius 2 is 1.96 bits per heavy atom. The van der Waals surface area contributed by atoms with E-state index in [1.807, 2.05) is 6.07 Å². The molecule has 0 radical (unpaired) electrons. The van der Waals surface area contributed by atoms with Crippen LogP contribution in [0.5, 0.6) is 11.5 Å². The van der Waals surface area contributed by atoms with Gasteiger partial charge >= 0.3 is 5.97 Å². The SMILES string of the molecule is COC(=O)COc1cc(Br)c(/C=C(/C#N)C(=O)N(C)C)cc1OC. The number of nitriles is 1. The molecule has 0 aliphatic rings. The Hall–Kier alpha value is -2.53. The molecule has 0 fully saturated rings. The Morgan fingerprint density at radius 3 is 2.46 bits per heavy atom. The zero-order valence-electron chi connectivity index (χ0n) is 13.8. The smallest absolute Gasteiger partial charge is 0.343 e. The van der Waals surface area contributed by atoms with E-state index < -0.39 is 11.9 Å². The number of rotatable bonds is 6. The maximum Gasteiger partial charge on any atom is 0.343 e. The summed E-state index contributed by atoms with van der Waals surface area (Å²) < 4.78 is 15.7. The van der Waals surface area contributed by atoms with Gasteiger partial charge in [0.25, 0.3) is 5.91 Å². The first-order valence-electron chi connectivity index (χ1n) is 6.74. The molecular formula is C16H17BrN2O5. The van der Waals surface area contributed by atoms with E-state index in [0.29, 0.717) is 21.5 Å². The molecule has 0 spiro atoms. The molecule has 0 unspecified atom stereocenters. The predicted molar refractivity (Wildman–Crippen MR) is 90.5 cm³/mol. The third kappa shape index (κ3) is 4.99. The number of amides is 1. The molecule has 24 heavy (non-hydrogen) atoms. The summed E-state index contributed by atoms with van der Waals surface area (Å²) in [5.74, 6) is -0.262. The third-order valence-electron chi connectivity index (χ3n) is 2.91. The van der Waals surface area contributed by atoms with E-state index in [9.17, 15) is 9.59 Å². The molecule has 1 amide bonds. The molecule has 0 aliphatic heterocycles. The maximum absolute atomic E-state index is 11.9. The van der Waals surface area contributed by atoms with E-state index >= 15 is 0 Å². The highest BCUT2D eigenvalue weighted by Gasteiger charge is 2.15. The van der Waals surface area contributed by atoms with Crippen molar-refractivity contribution < 1.29 is 23.8 Å². The van der Waals surface area contributed by atoms with Crippen molar-refractivity contribution in [3.05, 3.63) is 27.7 Å². The first kappa shape index (κ1) is 19.5. The number of carbonyl (C=O) groups is 2. The van der Waals surface area contributed by atoms with Crippen molar-refractivity contribution in [2.75, 3.05) is 34.9 Å². The van der Waals surface area contributed by atoms with E-state index in [2.05, 4.69) is 20.7 Å².